The summed E-state index contributed by atoms with van der Waals surface area (Å²) in [5.41, 5.74) is 4.29. The van der Waals surface area contributed by atoms with Gasteiger partial charge in [-0.3, -0.25) is 0 Å². The minimum Gasteiger partial charge on any atom is -0.411 e. The molecule has 2 aromatic carbocycles. The van der Waals surface area contributed by atoms with Crippen molar-refractivity contribution >= 4 is 44.3 Å². The largest absolute Gasteiger partial charge is 0.411 e. The summed E-state index contributed by atoms with van der Waals surface area (Å²) in [4.78, 5) is 4.73. The Balaban J connectivity index is 2.05. The summed E-state index contributed by atoms with van der Waals surface area (Å²) in [5, 5.41) is 13.2. The van der Waals surface area contributed by atoms with Crippen molar-refractivity contribution in [3.05, 3.63) is 51.5 Å². The molecule has 0 amide bonds. The predicted octanol–water partition coefficient (Wildman–Crippen LogP) is 4.70. The molecule has 2 heterocycles. The predicted molar refractivity (Wildman–Crippen MR) is 90.8 cm³/mol. The Labute approximate surface area is 140 Å². The highest BCUT2D eigenvalue weighted by molar-refractivity contribution is 9.10. The number of benzene rings is 2. The lowest BCUT2D eigenvalue weighted by Crippen LogP contribution is -2.15. The second-order valence-corrected chi connectivity index (χ2v) is 6.51. The zero-order chi connectivity index (χ0) is 15.3. The normalized spacial score (nSPS) is 15.6. The van der Waals surface area contributed by atoms with Gasteiger partial charge in [-0.25, -0.2) is 4.98 Å². The lowest BCUT2D eigenvalue weighted by atomic mass is 10.0. The number of nitrogens with zero attached hydrogens (tertiary/aromatic N) is 3. The molecule has 110 valence electrons. The van der Waals surface area contributed by atoms with Gasteiger partial charge in [0, 0.05) is 28.6 Å². The Kier molecular flexibility index (Phi) is 3.20. The van der Waals surface area contributed by atoms with Crippen molar-refractivity contribution < 1.29 is 5.21 Å². The quantitative estimate of drug-likeness (QED) is 0.494. The van der Waals surface area contributed by atoms with Gasteiger partial charge in [-0.05, 0) is 24.3 Å². The first-order valence-electron chi connectivity index (χ1n) is 6.85. The van der Waals surface area contributed by atoms with Crippen molar-refractivity contribution in [2.75, 3.05) is 0 Å². The first-order valence-corrected chi connectivity index (χ1v) is 8.02. The Morgan fingerprint density at radius 3 is 2.68 bits per heavy atom. The summed E-state index contributed by atoms with van der Waals surface area (Å²) in [6.07, 6.45) is 0.667. The molecular formula is C16H11BrClN3O. The molecule has 0 aliphatic carbocycles. The molecule has 4 nitrogen and oxygen atoms in total. The molecule has 0 fully saturated rings. The topological polar surface area (TPSA) is 50.4 Å². The van der Waals surface area contributed by atoms with E-state index in [-0.39, 0.29) is 0 Å². The molecule has 0 radical (unpaired) electrons. The molecule has 0 saturated carbocycles. The Bertz CT molecular complexity index is 915. The summed E-state index contributed by atoms with van der Waals surface area (Å²) in [7, 11) is 0. The lowest BCUT2D eigenvalue weighted by Gasteiger charge is -2.18. The third-order valence-electron chi connectivity index (χ3n) is 3.95. The van der Waals surface area contributed by atoms with Crippen LogP contribution in [0, 0.1) is 0 Å². The standard InChI is InChI=1S/C16H11BrClN3O/c17-10-3-1-9(2-4-10)16-19-14-12(18)6-5-11-13(20-22)7-8-21(16)15(11)14/h1-6,22H,7-8H2. The Morgan fingerprint density at radius 2 is 1.95 bits per heavy atom. The maximum absolute atomic E-state index is 9.21. The van der Waals surface area contributed by atoms with Gasteiger partial charge in [-0.1, -0.05) is 44.8 Å². The van der Waals surface area contributed by atoms with Crippen LogP contribution in [0.2, 0.25) is 5.02 Å². The van der Waals surface area contributed by atoms with E-state index in [9.17, 15) is 5.21 Å². The highest BCUT2D eigenvalue weighted by Crippen LogP contribution is 2.35. The van der Waals surface area contributed by atoms with Crippen LogP contribution in [0.3, 0.4) is 0 Å². The van der Waals surface area contributed by atoms with Crippen LogP contribution in [0.4, 0.5) is 0 Å². The van der Waals surface area contributed by atoms with E-state index in [4.69, 9.17) is 16.6 Å². The van der Waals surface area contributed by atoms with E-state index in [1.54, 1.807) is 6.07 Å². The highest BCUT2D eigenvalue weighted by Gasteiger charge is 2.24. The van der Waals surface area contributed by atoms with Crippen LogP contribution in [-0.2, 0) is 6.54 Å². The molecule has 0 saturated heterocycles. The molecule has 1 N–H and O–H groups in total. The Hall–Kier alpha value is -1.85. The van der Waals surface area contributed by atoms with Crippen molar-refractivity contribution in [1.82, 2.24) is 9.55 Å². The van der Waals surface area contributed by atoms with Crippen LogP contribution < -0.4 is 0 Å². The minimum atomic E-state index is 0.607. The van der Waals surface area contributed by atoms with Crippen LogP contribution in [-0.4, -0.2) is 20.5 Å². The maximum atomic E-state index is 9.21. The van der Waals surface area contributed by atoms with Crippen molar-refractivity contribution in [2.24, 2.45) is 5.16 Å². The van der Waals surface area contributed by atoms with Crippen molar-refractivity contribution in [3.8, 4) is 11.4 Å². The third kappa shape index (κ3) is 1.96. The highest BCUT2D eigenvalue weighted by atomic mass is 79.9. The van der Waals surface area contributed by atoms with E-state index in [1.165, 1.54) is 0 Å². The van der Waals surface area contributed by atoms with Gasteiger partial charge in [0.15, 0.2) is 0 Å². The van der Waals surface area contributed by atoms with Gasteiger partial charge in [-0.15, -0.1) is 0 Å². The molecule has 22 heavy (non-hydrogen) atoms. The summed E-state index contributed by atoms with van der Waals surface area (Å²) >= 11 is 9.76. The molecular weight excluding hydrogens is 366 g/mol. The van der Waals surface area contributed by atoms with Gasteiger partial charge >= 0.3 is 0 Å². The molecule has 0 spiro atoms. The first-order chi connectivity index (χ1) is 10.7. The number of rotatable bonds is 1. The smallest absolute Gasteiger partial charge is 0.141 e. The molecule has 0 bridgehead atoms. The molecule has 4 rings (SSSR count). The van der Waals surface area contributed by atoms with Crippen LogP contribution in [0.1, 0.15) is 12.0 Å². The fourth-order valence-electron chi connectivity index (χ4n) is 2.93. The second kappa shape index (κ2) is 5.11. The van der Waals surface area contributed by atoms with E-state index >= 15 is 0 Å². The van der Waals surface area contributed by atoms with Gasteiger partial charge in [0.1, 0.15) is 11.3 Å². The van der Waals surface area contributed by atoms with Gasteiger partial charge in [0.25, 0.3) is 0 Å². The summed E-state index contributed by atoms with van der Waals surface area (Å²) in [5.74, 6) is 0.883. The molecule has 1 aromatic heterocycles. The molecule has 0 unspecified atom stereocenters. The van der Waals surface area contributed by atoms with E-state index in [2.05, 4.69) is 25.7 Å². The summed E-state index contributed by atoms with van der Waals surface area (Å²) in [6, 6.07) is 11.7. The first kappa shape index (κ1) is 13.8. The summed E-state index contributed by atoms with van der Waals surface area (Å²) in [6.45, 7) is 0.717. The second-order valence-electron chi connectivity index (χ2n) is 5.18. The third-order valence-corrected chi connectivity index (χ3v) is 4.79. The Morgan fingerprint density at radius 1 is 1.18 bits per heavy atom. The minimum absolute atomic E-state index is 0.607. The number of aryl methyl sites for hydroxylation is 1. The fourth-order valence-corrected chi connectivity index (χ4v) is 3.39. The number of imidazole rings is 1. The van der Waals surface area contributed by atoms with Gasteiger partial charge in [-0.2, -0.15) is 0 Å². The van der Waals surface area contributed by atoms with Crippen LogP contribution in [0.25, 0.3) is 22.4 Å². The van der Waals surface area contributed by atoms with Gasteiger partial charge in [0.05, 0.1) is 16.3 Å². The van der Waals surface area contributed by atoms with Crippen molar-refractivity contribution in [1.29, 1.82) is 0 Å². The summed E-state index contributed by atoms with van der Waals surface area (Å²) < 4.78 is 3.17. The van der Waals surface area contributed by atoms with Crippen LogP contribution in [0.15, 0.2) is 46.0 Å². The average molecular weight is 377 g/mol. The van der Waals surface area contributed by atoms with Gasteiger partial charge < -0.3 is 9.77 Å². The molecule has 3 aromatic rings. The van der Waals surface area contributed by atoms with Crippen molar-refractivity contribution in [2.45, 2.75) is 13.0 Å². The van der Waals surface area contributed by atoms with E-state index < -0.39 is 0 Å². The van der Waals surface area contributed by atoms with E-state index in [0.29, 0.717) is 23.7 Å². The zero-order valence-electron chi connectivity index (χ0n) is 11.4. The molecule has 1 aliphatic rings. The molecule has 0 atom stereocenters. The number of hydrogen-bond acceptors (Lipinski definition) is 3. The van der Waals surface area contributed by atoms with Gasteiger partial charge in [0.2, 0.25) is 0 Å². The van der Waals surface area contributed by atoms with Crippen molar-refractivity contribution in [3.63, 3.8) is 0 Å². The number of halogens is 2. The number of oxime groups is 1. The average Bonchev–Trinajstić information content (AvgIpc) is 2.93. The number of hydrogen-bond donors (Lipinski definition) is 1. The molecule has 6 heteroatoms. The lowest BCUT2D eigenvalue weighted by molar-refractivity contribution is 0.317. The van der Waals surface area contributed by atoms with Crippen LogP contribution >= 0.6 is 27.5 Å². The zero-order valence-corrected chi connectivity index (χ0v) is 13.8. The van der Waals surface area contributed by atoms with Crippen LogP contribution in [0.5, 0.6) is 0 Å². The SMILES string of the molecule is ON=C1CCn2c(-c3ccc(Br)cc3)nc3c(Cl)ccc1c32. The monoisotopic (exact) mass is 375 g/mol. The van der Waals surface area contributed by atoms with E-state index in [0.717, 1.165) is 32.5 Å². The molecule has 1 aliphatic heterocycles. The fraction of sp³-hybridized carbons (Fsp3) is 0.125. The van der Waals surface area contributed by atoms with E-state index in [1.807, 2.05) is 30.3 Å². The number of aromatic nitrogens is 2. The maximum Gasteiger partial charge on any atom is 0.141 e.